The maximum atomic E-state index is 12.6. The van der Waals surface area contributed by atoms with E-state index in [9.17, 15) is 8.42 Å². The van der Waals surface area contributed by atoms with Crippen molar-refractivity contribution in [2.75, 3.05) is 19.8 Å². The SMILES string of the molecule is O=S(=O)(NCC1(c2ccsc2)CC1)c1ccc2c(c1)OCCCO2. The third-order valence-corrected chi connectivity index (χ3v) is 6.70. The Kier molecular flexibility index (Phi) is 4.02. The monoisotopic (exact) mass is 365 g/mol. The third-order valence-electron chi connectivity index (χ3n) is 4.62. The van der Waals surface area contributed by atoms with Gasteiger partial charge in [-0.25, -0.2) is 13.1 Å². The largest absolute Gasteiger partial charge is 0.490 e. The van der Waals surface area contributed by atoms with E-state index in [-0.39, 0.29) is 10.3 Å². The molecule has 0 unspecified atom stereocenters. The predicted molar refractivity (Wildman–Crippen MR) is 92.5 cm³/mol. The molecule has 1 aromatic heterocycles. The highest BCUT2D eigenvalue weighted by atomic mass is 32.2. The van der Waals surface area contributed by atoms with Gasteiger partial charge in [0.15, 0.2) is 11.5 Å². The minimum absolute atomic E-state index is 0.0294. The molecule has 24 heavy (non-hydrogen) atoms. The summed E-state index contributed by atoms with van der Waals surface area (Å²) < 4.78 is 39.2. The van der Waals surface area contributed by atoms with Gasteiger partial charge in [0.05, 0.1) is 18.1 Å². The highest BCUT2D eigenvalue weighted by Crippen LogP contribution is 2.48. The van der Waals surface area contributed by atoms with Crippen LogP contribution < -0.4 is 14.2 Å². The zero-order valence-corrected chi connectivity index (χ0v) is 14.8. The highest BCUT2D eigenvalue weighted by Gasteiger charge is 2.45. The summed E-state index contributed by atoms with van der Waals surface area (Å²) in [6, 6.07) is 6.87. The third kappa shape index (κ3) is 3.03. The Bertz CT molecular complexity index is 826. The summed E-state index contributed by atoms with van der Waals surface area (Å²) in [7, 11) is -3.57. The van der Waals surface area contributed by atoms with Crippen LogP contribution in [0, 0.1) is 0 Å². The molecular weight excluding hydrogens is 346 g/mol. The van der Waals surface area contributed by atoms with E-state index < -0.39 is 10.0 Å². The molecule has 1 aliphatic carbocycles. The number of thiophene rings is 1. The highest BCUT2D eigenvalue weighted by molar-refractivity contribution is 7.89. The van der Waals surface area contributed by atoms with Crippen LogP contribution in [-0.2, 0) is 15.4 Å². The Hall–Kier alpha value is -1.57. The summed E-state index contributed by atoms with van der Waals surface area (Å²) in [6.07, 6.45) is 2.83. The van der Waals surface area contributed by atoms with Gasteiger partial charge in [0.1, 0.15) is 0 Å². The lowest BCUT2D eigenvalue weighted by Gasteiger charge is -2.16. The Morgan fingerprint density at radius 1 is 1.12 bits per heavy atom. The first-order valence-corrected chi connectivity index (χ1v) is 10.4. The molecule has 0 atom stereocenters. The van der Waals surface area contributed by atoms with Gasteiger partial charge in [-0.3, -0.25) is 0 Å². The van der Waals surface area contributed by atoms with Crippen LogP contribution >= 0.6 is 11.3 Å². The summed E-state index contributed by atoms with van der Waals surface area (Å²) in [5.74, 6) is 1.10. The number of hydrogen-bond acceptors (Lipinski definition) is 5. The molecule has 7 heteroatoms. The zero-order chi connectivity index (χ0) is 16.6. The molecule has 0 saturated heterocycles. The van der Waals surface area contributed by atoms with Crippen LogP contribution in [0.3, 0.4) is 0 Å². The smallest absolute Gasteiger partial charge is 0.240 e. The lowest BCUT2D eigenvalue weighted by molar-refractivity contribution is 0.297. The van der Waals surface area contributed by atoms with Crippen LogP contribution in [0.4, 0.5) is 0 Å². The fourth-order valence-electron chi connectivity index (χ4n) is 2.91. The maximum absolute atomic E-state index is 12.6. The van der Waals surface area contributed by atoms with Crippen molar-refractivity contribution >= 4 is 21.4 Å². The van der Waals surface area contributed by atoms with Crippen LogP contribution in [0.2, 0.25) is 0 Å². The normalized spacial score (nSPS) is 18.8. The summed E-state index contributed by atoms with van der Waals surface area (Å²) >= 11 is 1.65. The molecule has 2 aliphatic rings. The number of nitrogens with one attached hydrogen (secondary N) is 1. The molecule has 0 amide bonds. The van der Waals surface area contributed by atoms with Crippen LogP contribution in [0.15, 0.2) is 39.9 Å². The topological polar surface area (TPSA) is 64.6 Å². The summed E-state index contributed by atoms with van der Waals surface area (Å²) in [5.41, 5.74) is 1.20. The van der Waals surface area contributed by atoms with E-state index in [1.165, 1.54) is 5.56 Å². The van der Waals surface area contributed by atoms with Crippen molar-refractivity contribution in [1.82, 2.24) is 4.72 Å². The molecule has 0 spiro atoms. The molecule has 0 bridgehead atoms. The average Bonchev–Trinajstić information content (AvgIpc) is 3.25. The minimum Gasteiger partial charge on any atom is -0.490 e. The summed E-state index contributed by atoms with van der Waals surface area (Å²) in [4.78, 5) is 0.216. The van der Waals surface area contributed by atoms with Gasteiger partial charge in [-0.2, -0.15) is 11.3 Å². The number of benzene rings is 1. The van der Waals surface area contributed by atoms with Crippen molar-refractivity contribution in [2.24, 2.45) is 0 Å². The van der Waals surface area contributed by atoms with E-state index in [0.717, 1.165) is 19.3 Å². The number of rotatable bonds is 5. The number of sulfonamides is 1. The molecule has 1 fully saturated rings. The Balaban J connectivity index is 1.52. The first-order valence-electron chi connectivity index (χ1n) is 8.01. The fraction of sp³-hybridized carbons (Fsp3) is 0.412. The van der Waals surface area contributed by atoms with Crippen molar-refractivity contribution in [3.8, 4) is 11.5 Å². The molecule has 1 aliphatic heterocycles. The Morgan fingerprint density at radius 3 is 2.62 bits per heavy atom. The molecule has 128 valence electrons. The first kappa shape index (κ1) is 15.9. The van der Waals surface area contributed by atoms with Gasteiger partial charge in [-0.15, -0.1) is 0 Å². The number of hydrogen-bond donors (Lipinski definition) is 1. The molecule has 0 radical (unpaired) electrons. The van der Waals surface area contributed by atoms with Crippen molar-refractivity contribution in [1.29, 1.82) is 0 Å². The lowest BCUT2D eigenvalue weighted by Crippen LogP contribution is -2.32. The minimum atomic E-state index is -3.57. The second-order valence-electron chi connectivity index (χ2n) is 6.28. The van der Waals surface area contributed by atoms with E-state index in [0.29, 0.717) is 31.3 Å². The predicted octanol–water partition coefficient (Wildman–Crippen LogP) is 2.92. The number of fused-ring (bicyclic) bond motifs is 1. The van der Waals surface area contributed by atoms with Crippen molar-refractivity contribution in [3.05, 3.63) is 40.6 Å². The molecule has 2 heterocycles. The van der Waals surface area contributed by atoms with Crippen LogP contribution in [0.1, 0.15) is 24.8 Å². The van der Waals surface area contributed by atoms with Gasteiger partial charge in [-0.1, -0.05) is 0 Å². The zero-order valence-electron chi connectivity index (χ0n) is 13.2. The van der Waals surface area contributed by atoms with Gasteiger partial charge in [0, 0.05) is 24.4 Å². The standard InChI is InChI=1S/C17H19NO4S2/c19-24(20,18-12-17(5-6-17)13-4-9-23-11-13)14-2-3-15-16(10-14)22-8-1-7-21-15/h2-4,9-11,18H,1,5-8,12H2. The first-order chi connectivity index (χ1) is 11.6. The van der Waals surface area contributed by atoms with E-state index >= 15 is 0 Å². The van der Waals surface area contributed by atoms with Gasteiger partial charge in [-0.05, 0) is 47.4 Å². The summed E-state index contributed by atoms with van der Waals surface area (Å²) in [5, 5.41) is 4.14. The Morgan fingerprint density at radius 2 is 1.92 bits per heavy atom. The van der Waals surface area contributed by atoms with Crippen LogP contribution in [-0.4, -0.2) is 28.2 Å². The second-order valence-corrected chi connectivity index (χ2v) is 8.82. The molecule has 1 N–H and O–H groups in total. The van der Waals surface area contributed by atoms with E-state index in [4.69, 9.17) is 9.47 Å². The van der Waals surface area contributed by atoms with Gasteiger partial charge in [0.25, 0.3) is 0 Å². The maximum Gasteiger partial charge on any atom is 0.240 e. The van der Waals surface area contributed by atoms with Gasteiger partial charge in [0.2, 0.25) is 10.0 Å². The van der Waals surface area contributed by atoms with E-state index in [1.54, 1.807) is 29.5 Å². The van der Waals surface area contributed by atoms with E-state index in [1.807, 2.05) is 5.38 Å². The van der Waals surface area contributed by atoms with Gasteiger partial charge >= 0.3 is 0 Å². The van der Waals surface area contributed by atoms with Crippen LogP contribution in [0.25, 0.3) is 0 Å². The summed E-state index contributed by atoms with van der Waals surface area (Å²) in [6.45, 7) is 1.55. The van der Waals surface area contributed by atoms with Crippen LogP contribution in [0.5, 0.6) is 11.5 Å². The number of ether oxygens (including phenoxy) is 2. The molecule has 1 saturated carbocycles. The van der Waals surface area contributed by atoms with Crippen molar-refractivity contribution in [3.63, 3.8) is 0 Å². The molecule has 4 rings (SSSR count). The fourth-order valence-corrected chi connectivity index (χ4v) is 4.83. The quantitative estimate of drug-likeness (QED) is 0.885. The lowest BCUT2D eigenvalue weighted by atomic mass is 10.0. The Labute approximate surface area is 145 Å². The van der Waals surface area contributed by atoms with Gasteiger partial charge < -0.3 is 9.47 Å². The van der Waals surface area contributed by atoms with E-state index in [2.05, 4.69) is 16.2 Å². The molecule has 1 aromatic carbocycles. The molecule has 5 nitrogen and oxygen atoms in total. The van der Waals surface area contributed by atoms with Crippen molar-refractivity contribution < 1.29 is 17.9 Å². The molecular formula is C17H19NO4S2. The molecule has 2 aromatic rings. The van der Waals surface area contributed by atoms with Crippen molar-refractivity contribution in [2.45, 2.75) is 29.6 Å². The average molecular weight is 365 g/mol. The second kappa shape index (κ2) is 6.06.